The first-order chi connectivity index (χ1) is 14.6. The Kier molecular flexibility index (Phi) is 7.10. The van der Waals surface area contributed by atoms with Crippen LogP contribution < -0.4 is 16.4 Å². The smallest absolute Gasteiger partial charge is 0.315 e. The fraction of sp³-hybridized carbons (Fsp3) is 0.368. The summed E-state index contributed by atoms with van der Waals surface area (Å²) in [5, 5.41) is 3.20. The minimum atomic E-state index is -3.66. The zero-order chi connectivity index (χ0) is 22.8. The van der Waals surface area contributed by atoms with Gasteiger partial charge in [0.1, 0.15) is 10.0 Å². The number of benzene rings is 1. The van der Waals surface area contributed by atoms with Crippen molar-refractivity contribution in [2.75, 3.05) is 16.9 Å². The van der Waals surface area contributed by atoms with E-state index in [1.165, 1.54) is 0 Å². The summed E-state index contributed by atoms with van der Waals surface area (Å²) in [5.74, 6) is -2.19. The average molecular weight is 485 g/mol. The molecule has 31 heavy (non-hydrogen) atoms. The number of halogens is 1. The van der Waals surface area contributed by atoms with Gasteiger partial charge in [-0.2, -0.15) is 0 Å². The molecule has 1 heterocycles. The van der Waals surface area contributed by atoms with Crippen LogP contribution in [0.2, 0.25) is 4.34 Å². The molecule has 0 bridgehead atoms. The normalized spacial score (nSPS) is 15.5. The molecular formula is C19H21ClN4O5S2. The third-order valence-corrected chi connectivity index (χ3v) is 7.28. The maximum absolute atomic E-state index is 12.8. The molecule has 1 saturated carbocycles. The first kappa shape index (κ1) is 23.3. The number of carbonyl (C=O) groups excluding carboxylic acids is 3. The topological polar surface area (TPSA) is 148 Å². The molecule has 3 rings (SSSR count). The Bertz CT molecular complexity index is 1130. The molecule has 1 aromatic carbocycles. The number of hydrogen-bond acceptors (Lipinski definition) is 8. The van der Waals surface area contributed by atoms with Gasteiger partial charge in [0.25, 0.3) is 0 Å². The highest BCUT2D eigenvalue weighted by Crippen LogP contribution is 2.33. The van der Waals surface area contributed by atoms with Crippen molar-refractivity contribution in [1.82, 2.24) is 4.98 Å². The number of aromatic nitrogens is 1. The van der Waals surface area contributed by atoms with Crippen molar-refractivity contribution in [2.45, 2.75) is 31.1 Å². The highest BCUT2D eigenvalue weighted by molar-refractivity contribution is 7.90. The van der Waals surface area contributed by atoms with Gasteiger partial charge in [-0.05, 0) is 25.0 Å². The second kappa shape index (κ2) is 9.43. The largest absolute Gasteiger partial charge is 0.317 e. The molecule has 1 aromatic heterocycles. The van der Waals surface area contributed by atoms with Crippen molar-refractivity contribution >= 4 is 61.2 Å². The van der Waals surface area contributed by atoms with Crippen LogP contribution in [0.4, 0.5) is 10.8 Å². The summed E-state index contributed by atoms with van der Waals surface area (Å²) in [6.07, 6.45) is 4.54. The Hall–Kier alpha value is -2.34. The number of thiazole rings is 1. The van der Waals surface area contributed by atoms with E-state index in [1.54, 1.807) is 24.3 Å². The van der Waals surface area contributed by atoms with Gasteiger partial charge in [0.2, 0.25) is 0 Å². The second-order valence-electron chi connectivity index (χ2n) is 7.23. The van der Waals surface area contributed by atoms with Crippen molar-refractivity contribution < 1.29 is 22.8 Å². The number of amides is 2. The van der Waals surface area contributed by atoms with E-state index in [0.29, 0.717) is 5.56 Å². The molecule has 0 radical (unpaired) electrons. The van der Waals surface area contributed by atoms with Gasteiger partial charge in [-0.15, -0.1) is 0 Å². The molecule has 1 aliphatic rings. The van der Waals surface area contributed by atoms with Gasteiger partial charge in [0.15, 0.2) is 26.1 Å². The van der Waals surface area contributed by atoms with Gasteiger partial charge in [-0.25, -0.2) is 13.4 Å². The summed E-state index contributed by atoms with van der Waals surface area (Å²) in [4.78, 5) is 41.4. The van der Waals surface area contributed by atoms with E-state index in [0.717, 1.165) is 43.3 Å². The molecule has 0 spiro atoms. The van der Waals surface area contributed by atoms with E-state index in [4.69, 9.17) is 17.3 Å². The Labute approximate surface area is 188 Å². The SMILES string of the molecule is CS(=O)(=O)C(N)c1nc(NC(=O)C(=O)Nc2ccccc2C(=O)C2CCCC2)sc1Cl. The Morgan fingerprint density at radius 3 is 2.42 bits per heavy atom. The van der Waals surface area contributed by atoms with Crippen LogP contribution in [0.5, 0.6) is 0 Å². The summed E-state index contributed by atoms with van der Waals surface area (Å²) < 4.78 is 23.2. The number of nitrogens with zero attached hydrogens (tertiary/aromatic N) is 1. The van der Waals surface area contributed by atoms with E-state index in [-0.39, 0.29) is 32.6 Å². The van der Waals surface area contributed by atoms with Gasteiger partial charge in [0, 0.05) is 17.7 Å². The summed E-state index contributed by atoms with van der Waals surface area (Å²) in [7, 11) is -3.66. The van der Waals surface area contributed by atoms with Crippen LogP contribution in [-0.2, 0) is 19.4 Å². The van der Waals surface area contributed by atoms with Crippen molar-refractivity contribution in [3.8, 4) is 0 Å². The van der Waals surface area contributed by atoms with Gasteiger partial charge < -0.3 is 11.1 Å². The molecule has 9 nitrogen and oxygen atoms in total. The third kappa shape index (κ3) is 5.48. The van der Waals surface area contributed by atoms with Crippen LogP contribution in [-0.4, -0.2) is 37.3 Å². The van der Waals surface area contributed by atoms with Gasteiger partial charge in [0.05, 0.1) is 5.69 Å². The Balaban J connectivity index is 1.71. The van der Waals surface area contributed by atoms with E-state index in [2.05, 4.69) is 15.6 Å². The molecule has 4 N–H and O–H groups in total. The number of nitrogens with one attached hydrogen (secondary N) is 2. The lowest BCUT2D eigenvalue weighted by molar-refractivity contribution is -0.133. The molecule has 2 amide bonds. The number of rotatable bonds is 6. The van der Waals surface area contributed by atoms with Crippen LogP contribution >= 0.6 is 22.9 Å². The maximum atomic E-state index is 12.8. The molecule has 166 valence electrons. The van der Waals surface area contributed by atoms with Crippen molar-refractivity contribution in [2.24, 2.45) is 11.7 Å². The monoisotopic (exact) mass is 484 g/mol. The van der Waals surface area contributed by atoms with E-state index < -0.39 is 27.0 Å². The summed E-state index contributed by atoms with van der Waals surface area (Å²) in [6.45, 7) is 0. The van der Waals surface area contributed by atoms with E-state index in [1.807, 2.05) is 0 Å². The highest BCUT2D eigenvalue weighted by Gasteiger charge is 2.28. The standard InChI is InChI=1S/C19H21ClN4O5S2/c1-31(28,29)16(21)13-15(20)30-19(23-13)24-18(27)17(26)22-12-9-5-4-8-11(12)14(25)10-6-2-3-7-10/h4-5,8-10,16H,2-3,6-7,21H2,1H3,(H,22,26)(H,23,24,27). The summed E-state index contributed by atoms with van der Waals surface area (Å²) >= 11 is 6.76. The number of para-hydroxylation sites is 1. The van der Waals surface area contributed by atoms with Crippen LogP contribution in [0, 0.1) is 5.92 Å². The zero-order valence-corrected chi connectivity index (χ0v) is 18.9. The number of hydrogen-bond donors (Lipinski definition) is 3. The quantitative estimate of drug-likeness (QED) is 0.421. The number of nitrogens with two attached hydrogens (primary N) is 1. The third-order valence-electron chi connectivity index (χ3n) is 4.93. The number of ketones is 1. The van der Waals surface area contributed by atoms with Crippen molar-refractivity contribution in [3.05, 3.63) is 39.9 Å². The summed E-state index contributed by atoms with van der Waals surface area (Å²) in [5.41, 5.74) is 6.11. The van der Waals surface area contributed by atoms with Crippen LogP contribution in [0.3, 0.4) is 0 Å². The molecule has 1 fully saturated rings. The van der Waals surface area contributed by atoms with E-state index >= 15 is 0 Å². The highest BCUT2D eigenvalue weighted by atomic mass is 35.5. The van der Waals surface area contributed by atoms with Crippen LogP contribution in [0.25, 0.3) is 0 Å². The molecule has 1 aliphatic carbocycles. The first-order valence-corrected chi connectivity index (χ1v) is 12.6. The molecule has 0 aliphatic heterocycles. The molecule has 1 atom stereocenters. The Morgan fingerprint density at radius 1 is 1.16 bits per heavy atom. The maximum Gasteiger partial charge on any atom is 0.315 e. The van der Waals surface area contributed by atoms with Crippen LogP contribution in [0.15, 0.2) is 24.3 Å². The molecule has 12 heteroatoms. The number of anilines is 2. The second-order valence-corrected chi connectivity index (χ2v) is 11.0. The minimum Gasteiger partial charge on any atom is -0.317 e. The summed E-state index contributed by atoms with van der Waals surface area (Å²) in [6, 6.07) is 6.52. The Morgan fingerprint density at radius 2 is 1.77 bits per heavy atom. The number of sulfone groups is 1. The first-order valence-electron chi connectivity index (χ1n) is 9.44. The van der Waals surface area contributed by atoms with Gasteiger partial charge in [-0.1, -0.05) is 47.9 Å². The van der Waals surface area contributed by atoms with E-state index in [9.17, 15) is 22.8 Å². The predicted octanol–water partition coefficient (Wildman–Crippen LogP) is 2.75. The molecule has 1 unspecified atom stereocenters. The van der Waals surface area contributed by atoms with Crippen molar-refractivity contribution in [3.63, 3.8) is 0 Å². The number of carbonyl (C=O) groups is 3. The fourth-order valence-corrected chi connectivity index (χ4v) is 5.12. The van der Waals surface area contributed by atoms with Crippen molar-refractivity contribution in [1.29, 1.82) is 0 Å². The lowest BCUT2D eigenvalue weighted by atomic mass is 9.95. The molecular weight excluding hydrogens is 464 g/mol. The van der Waals surface area contributed by atoms with Gasteiger partial charge >= 0.3 is 11.8 Å². The minimum absolute atomic E-state index is 0.0128. The fourth-order valence-electron chi connectivity index (χ4n) is 3.29. The molecule has 2 aromatic rings. The number of Topliss-reactive ketones (excluding diaryl/α,β-unsaturated/α-hetero) is 1. The van der Waals surface area contributed by atoms with Crippen LogP contribution in [0.1, 0.15) is 47.1 Å². The predicted molar refractivity (Wildman–Crippen MR) is 119 cm³/mol. The molecule has 0 saturated heterocycles. The van der Waals surface area contributed by atoms with Gasteiger partial charge in [-0.3, -0.25) is 19.7 Å². The average Bonchev–Trinajstić information content (AvgIpc) is 3.36. The lowest BCUT2D eigenvalue weighted by Gasteiger charge is -2.13. The lowest BCUT2D eigenvalue weighted by Crippen LogP contribution is -2.30. The zero-order valence-electron chi connectivity index (χ0n) is 16.6.